The second-order valence-electron chi connectivity index (χ2n) is 7.63. The van der Waals surface area contributed by atoms with Crippen molar-refractivity contribution in [2.75, 3.05) is 13.2 Å². The molecule has 1 aliphatic rings. The summed E-state index contributed by atoms with van der Waals surface area (Å²) in [7, 11) is 0. The molecule has 0 spiro atoms. The third-order valence-corrected chi connectivity index (χ3v) is 4.47. The van der Waals surface area contributed by atoms with Gasteiger partial charge in [-0.05, 0) is 17.5 Å². The molecule has 1 aromatic heterocycles. The lowest BCUT2D eigenvalue weighted by Gasteiger charge is -2.43. The summed E-state index contributed by atoms with van der Waals surface area (Å²) < 4.78 is 14.6. The molecule has 1 saturated heterocycles. The summed E-state index contributed by atoms with van der Waals surface area (Å²) in [6, 6.07) is 8.84. The molecule has 4 nitrogen and oxygen atoms in total. The highest BCUT2D eigenvalue weighted by molar-refractivity contribution is 5.23. The lowest BCUT2D eigenvalue weighted by molar-refractivity contribution is -0.304. The molecule has 0 radical (unpaired) electrons. The van der Waals surface area contributed by atoms with Gasteiger partial charge in [-0.15, -0.1) is 0 Å². The van der Waals surface area contributed by atoms with Crippen LogP contribution in [0.5, 0.6) is 0 Å². The standard InChI is InChI=1S/C20H28N2O2/c1-4-5-17-6-8-18(9-7-17)12-20(13-22-11-10-21-16-22)23-14-19(2,3)15-24-20/h6-11,16H,4-5,12-15H2,1-3H3. The van der Waals surface area contributed by atoms with Gasteiger partial charge in [-0.2, -0.15) is 0 Å². The monoisotopic (exact) mass is 328 g/mol. The van der Waals surface area contributed by atoms with E-state index in [0.717, 1.165) is 12.8 Å². The van der Waals surface area contributed by atoms with Gasteiger partial charge in [0.05, 0.1) is 26.1 Å². The summed E-state index contributed by atoms with van der Waals surface area (Å²) in [5.74, 6) is -0.623. The Morgan fingerprint density at radius 1 is 1.08 bits per heavy atom. The number of nitrogens with zero attached hydrogens (tertiary/aromatic N) is 2. The smallest absolute Gasteiger partial charge is 0.190 e. The van der Waals surface area contributed by atoms with Gasteiger partial charge >= 0.3 is 0 Å². The first-order valence-corrected chi connectivity index (χ1v) is 8.82. The van der Waals surface area contributed by atoms with Crippen LogP contribution in [0.3, 0.4) is 0 Å². The number of ether oxygens (including phenoxy) is 2. The zero-order valence-corrected chi connectivity index (χ0v) is 15.0. The van der Waals surface area contributed by atoms with Crippen LogP contribution in [-0.4, -0.2) is 28.6 Å². The molecule has 2 aromatic rings. The average Bonchev–Trinajstić information content (AvgIpc) is 3.06. The minimum absolute atomic E-state index is 0.0589. The Bertz CT molecular complexity index is 622. The van der Waals surface area contributed by atoms with E-state index in [-0.39, 0.29) is 5.41 Å². The van der Waals surface area contributed by atoms with Crippen molar-refractivity contribution in [1.82, 2.24) is 9.55 Å². The molecular weight excluding hydrogens is 300 g/mol. The first kappa shape index (κ1) is 17.2. The highest BCUT2D eigenvalue weighted by atomic mass is 16.7. The normalized spacial score (nSPS) is 19.3. The fourth-order valence-corrected chi connectivity index (χ4v) is 3.07. The second kappa shape index (κ2) is 7.08. The predicted octanol–water partition coefficient (Wildman–Crippen LogP) is 3.85. The van der Waals surface area contributed by atoms with Crippen molar-refractivity contribution < 1.29 is 9.47 Å². The minimum Gasteiger partial charge on any atom is -0.347 e. The van der Waals surface area contributed by atoms with Crippen LogP contribution in [0.15, 0.2) is 43.0 Å². The number of imidazole rings is 1. The van der Waals surface area contributed by atoms with Crippen molar-refractivity contribution in [1.29, 1.82) is 0 Å². The van der Waals surface area contributed by atoms with Crippen molar-refractivity contribution in [2.45, 2.75) is 52.4 Å². The third kappa shape index (κ3) is 4.25. The number of aryl methyl sites for hydroxylation is 1. The van der Waals surface area contributed by atoms with Gasteiger partial charge in [0, 0.05) is 24.2 Å². The molecule has 3 rings (SSSR count). The molecule has 130 valence electrons. The zero-order chi connectivity index (χ0) is 17.0. The Morgan fingerprint density at radius 3 is 2.33 bits per heavy atom. The summed E-state index contributed by atoms with van der Waals surface area (Å²) in [6.07, 6.45) is 8.61. The highest BCUT2D eigenvalue weighted by Gasteiger charge is 2.41. The molecule has 1 aromatic carbocycles. The van der Waals surface area contributed by atoms with Crippen molar-refractivity contribution in [3.63, 3.8) is 0 Å². The fourth-order valence-electron chi connectivity index (χ4n) is 3.07. The highest BCUT2D eigenvalue weighted by Crippen LogP contribution is 2.33. The predicted molar refractivity (Wildman–Crippen MR) is 94.8 cm³/mol. The second-order valence-corrected chi connectivity index (χ2v) is 7.63. The van der Waals surface area contributed by atoms with Crippen LogP contribution in [0.2, 0.25) is 0 Å². The van der Waals surface area contributed by atoms with E-state index < -0.39 is 5.79 Å². The van der Waals surface area contributed by atoms with E-state index in [1.54, 1.807) is 6.20 Å². The Balaban J connectivity index is 1.77. The van der Waals surface area contributed by atoms with Crippen molar-refractivity contribution in [3.8, 4) is 0 Å². The molecule has 0 N–H and O–H groups in total. The average molecular weight is 328 g/mol. The summed E-state index contributed by atoms with van der Waals surface area (Å²) in [5, 5.41) is 0. The molecular formula is C20H28N2O2. The SMILES string of the molecule is CCCc1ccc(CC2(Cn3ccnc3)OCC(C)(C)CO2)cc1. The van der Waals surface area contributed by atoms with Gasteiger partial charge in [0.2, 0.25) is 0 Å². The molecule has 0 saturated carbocycles. The first-order chi connectivity index (χ1) is 11.5. The van der Waals surface area contributed by atoms with Crippen LogP contribution >= 0.6 is 0 Å². The lowest BCUT2D eigenvalue weighted by atomic mass is 9.93. The molecule has 1 fully saturated rings. The fraction of sp³-hybridized carbons (Fsp3) is 0.550. The Morgan fingerprint density at radius 2 is 1.75 bits per heavy atom. The van der Waals surface area contributed by atoms with E-state index in [2.05, 4.69) is 50.0 Å². The van der Waals surface area contributed by atoms with E-state index in [4.69, 9.17) is 9.47 Å². The van der Waals surface area contributed by atoms with Crippen LogP contribution < -0.4 is 0 Å². The summed E-state index contributed by atoms with van der Waals surface area (Å²) in [6.45, 7) is 8.62. The van der Waals surface area contributed by atoms with Crippen LogP contribution in [0.25, 0.3) is 0 Å². The summed E-state index contributed by atoms with van der Waals surface area (Å²) in [5.41, 5.74) is 2.69. The summed E-state index contributed by atoms with van der Waals surface area (Å²) in [4.78, 5) is 4.14. The molecule has 0 aliphatic carbocycles. The van der Waals surface area contributed by atoms with Crippen LogP contribution in [0, 0.1) is 5.41 Å². The number of rotatable bonds is 6. The van der Waals surface area contributed by atoms with Gasteiger partial charge in [-0.25, -0.2) is 4.98 Å². The topological polar surface area (TPSA) is 36.3 Å². The Labute approximate surface area is 144 Å². The number of hydrogen-bond acceptors (Lipinski definition) is 3. The molecule has 2 heterocycles. The molecule has 4 heteroatoms. The molecule has 24 heavy (non-hydrogen) atoms. The largest absolute Gasteiger partial charge is 0.347 e. The van der Waals surface area contributed by atoms with Gasteiger partial charge in [-0.3, -0.25) is 0 Å². The van der Waals surface area contributed by atoms with E-state index >= 15 is 0 Å². The molecule has 1 aliphatic heterocycles. The first-order valence-electron chi connectivity index (χ1n) is 8.82. The van der Waals surface area contributed by atoms with Crippen LogP contribution in [-0.2, 0) is 28.9 Å². The number of aromatic nitrogens is 2. The summed E-state index contributed by atoms with van der Waals surface area (Å²) >= 11 is 0. The Hall–Kier alpha value is -1.65. The van der Waals surface area contributed by atoms with Crippen molar-refractivity contribution in [2.24, 2.45) is 5.41 Å². The van der Waals surface area contributed by atoms with Gasteiger partial charge in [0.25, 0.3) is 0 Å². The van der Waals surface area contributed by atoms with Gasteiger partial charge < -0.3 is 14.0 Å². The minimum atomic E-state index is -0.623. The van der Waals surface area contributed by atoms with E-state index in [0.29, 0.717) is 19.8 Å². The van der Waals surface area contributed by atoms with Crippen LogP contribution in [0.1, 0.15) is 38.3 Å². The Kier molecular flexibility index (Phi) is 5.07. The third-order valence-electron chi connectivity index (χ3n) is 4.47. The van der Waals surface area contributed by atoms with Crippen LogP contribution in [0.4, 0.5) is 0 Å². The van der Waals surface area contributed by atoms with E-state index in [1.807, 2.05) is 17.1 Å². The van der Waals surface area contributed by atoms with Gasteiger partial charge in [0.1, 0.15) is 0 Å². The van der Waals surface area contributed by atoms with Gasteiger partial charge in [-0.1, -0.05) is 51.5 Å². The zero-order valence-electron chi connectivity index (χ0n) is 15.0. The van der Waals surface area contributed by atoms with Crippen molar-refractivity contribution >= 4 is 0 Å². The van der Waals surface area contributed by atoms with Crippen molar-refractivity contribution in [3.05, 3.63) is 54.1 Å². The number of hydrogen-bond donors (Lipinski definition) is 0. The van der Waals surface area contributed by atoms with Gasteiger partial charge in [0.15, 0.2) is 5.79 Å². The molecule has 0 atom stereocenters. The molecule has 0 amide bonds. The molecule has 0 bridgehead atoms. The molecule has 0 unspecified atom stereocenters. The number of benzene rings is 1. The van der Waals surface area contributed by atoms with E-state index in [9.17, 15) is 0 Å². The lowest BCUT2D eigenvalue weighted by Crippen LogP contribution is -2.51. The maximum absolute atomic E-state index is 6.27. The quantitative estimate of drug-likeness (QED) is 0.808. The van der Waals surface area contributed by atoms with E-state index in [1.165, 1.54) is 17.5 Å². The maximum Gasteiger partial charge on any atom is 0.190 e. The maximum atomic E-state index is 6.27.